The van der Waals surface area contributed by atoms with Gasteiger partial charge in [0.15, 0.2) is 5.13 Å². The van der Waals surface area contributed by atoms with Crippen LogP contribution in [0, 0.1) is 20.8 Å². The second kappa shape index (κ2) is 10.4. The third kappa shape index (κ3) is 4.77. The number of carbonyl (C=O) groups excluding carboxylic acids is 3. The highest BCUT2D eigenvalue weighted by atomic mass is 32.1. The minimum atomic E-state index is -0.951. The summed E-state index contributed by atoms with van der Waals surface area (Å²) in [6, 6.07) is 11.4. The number of esters is 1. The molecule has 1 aliphatic rings. The standard InChI is InChI=1S/C28H26N2O6S/c1-6-13-36-19-11-12-20(16(3)14-19)23(31)21-22(18-9-7-15(2)8-10-18)30(26(33)24(21)32)28-29-17(4)25(37-28)27(34)35-5/h6-12,14,22,31H,1,13H2,2-5H3/t22-/m0/s1. The van der Waals surface area contributed by atoms with Crippen molar-refractivity contribution in [1.29, 1.82) is 0 Å². The number of aromatic nitrogens is 1. The SMILES string of the molecule is C=CCOc1ccc(C(O)=C2C(=O)C(=O)N(c3nc(C)c(C(=O)OC)s3)[C@H]2c2ccc(C)cc2)c(C)c1. The van der Waals surface area contributed by atoms with Gasteiger partial charge in [-0.1, -0.05) is 53.8 Å². The molecule has 1 amide bonds. The zero-order chi connectivity index (χ0) is 26.9. The van der Waals surface area contributed by atoms with Crippen LogP contribution in [0.5, 0.6) is 5.75 Å². The minimum Gasteiger partial charge on any atom is -0.507 e. The second-order valence-electron chi connectivity index (χ2n) is 8.56. The smallest absolute Gasteiger partial charge is 0.350 e. The molecule has 190 valence electrons. The lowest BCUT2D eigenvalue weighted by atomic mass is 9.93. The van der Waals surface area contributed by atoms with Crippen LogP contribution in [0.15, 0.2) is 60.7 Å². The lowest BCUT2D eigenvalue weighted by molar-refractivity contribution is -0.132. The van der Waals surface area contributed by atoms with Gasteiger partial charge >= 0.3 is 11.9 Å². The van der Waals surface area contributed by atoms with Crippen LogP contribution in [-0.2, 0) is 14.3 Å². The Labute approximate surface area is 218 Å². The molecular formula is C28H26N2O6S. The van der Waals surface area contributed by atoms with Gasteiger partial charge in [0, 0.05) is 5.56 Å². The quantitative estimate of drug-likeness (QED) is 0.153. The number of amides is 1. The van der Waals surface area contributed by atoms with E-state index in [-0.39, 0.29) is 21.3 Å². The number of aliphatic hydroxyl groups excluding tert-OH is 1. The molecule has 0 spiro atoms. The van der Waals surface area contributed by atoms with Crippen molar-refractivity contribution in [1.82, 2.24) is 4.98 Å². The zero-order valence-corrected chi connectivity index (χ0v) is 21.7. The van der Waals surface area contributed by atoms with Gasteiger partial charge in [0.05, 0.1) is 24.4 Å². The van der Waals surface area contributed by atoms with Gasteiger partial charge in [-0.3, -0.25) is 14.5 Å². The molecule has 0 saturated carbocycles. The van der Waals surface area contributed by atoms with E-state index in [0.717, 1.165) is 16.9 Å². The molecule has 9 heteroatoms. The van der Waals surface area contributed by atoms with E-state index in [4.69, 9.17) is 9.47 Å². The lowest BCUT2D eigenvalue weighted by Gasteiger charge is -2.23. The molecule has 0 aliphatic carbocycles. The average Bonchev–Trinajstić information content (AvgIpc) is 3.39. The van der Waals surface area contributed by atoms with E-state index in [2.05, 4.69) is 11.6 Å². The number of hydrogen-bond donors (Lipinski definition) is 1. The number of nitrogens with zero attached hydrogens (tertiary/aromatic N) is 2. The van der Waals surface area contributed by atoms with Crippen molar-refractivity contribution in [3.8, 4) is 5.75 Å². The van der Waals surface area contributed by atoms with Gasteiger partial charge in [-0.15, -0.1) is 0 Å². The van der Waals surface area contributed by atoms with E-state index in [9.17, 15) is 19.5 Å². The maximum atomic E-state index is 13.4. The number of benzene rings is 2. The van der Waals surface area contributed by atoms with Crippen molar-refractivity contribution in [2.24, 2.45) is 0 Å². The molecule has 8 nitrogen and oxygen atoms in total. The molecule has 1 aliphatic heterocycles. The number of thiazole rings is 1. The van der Waals surface area contributed by atoms with Crippen LogP contribution in [0.4, 0.5) is 5.13 Å². The number of rotatable bonds is 7. The third-order valence-corrected chi connectivity index (χ3v) is 7.16. The first-order valence-electron chi connectivity index (χ1n) is 11.5. The molecule has 0 radical (unpaired) electrons. The minimum absolute atomic E-state index is 0.0656. The Balaban J connectivity index is 1.89. The molecule has 0 unspecified atom stereocenters. The van der Waals surface area contributed by atoms with Crippen LogP contribution in [0.3, 0.4) is 0 Å². The van der Waals surface area contributed by atoms with Crippen molar-refractivity contribution >= 4 is 39.9 Å². The number of anilines is 1. The van der Waals surface area contributed by atoms with Gasteiger partial charge in [0.1, 0.15) is 23.0 Å². The number of Topliss-reactive ketones (excluding diaryl/α,β-unsaturated/α-hetero) is 1. The number of hydrogen-bond acceptors (Lipinski definition) is 8. The molecule has 3 aromatic rings. The summed E-state index contributed by atoms with van der Waals surface area (Å²) in [5.41, 5.74) is 2.97. The highest BCUT2D eigenvalue weighted by Gasteiger charge is 2.48. The summed E-state index contributed by atoms with van der Waals surface area (Å²) in [5, 5.41) is 11.6. The monoisotopic (exact) mass is 518 g/mol. The maximum Gasteiger partial charge on any atom is 0.350 e. The fraction of sp³-hybridized carbons (Fsp3) is 0.214. The van der Waals surface area contributed by atoms with Crippen LogP contribution in [0.25, 0.3) is 5.76 Å². The predicted molar refractivity (Wildman–Crippen MR) is 141 cm³/mol. The molecule has 37 heavy (non-hydrogen) atoms. The van der Waals surface area contributed by atoms with Gasteiger partial charge < -0.3 is 14.6 Å². The van der Waals surface area contributed by atoms with Crippen LogP contribution >= 0.6 is 11.3 Å². The normalized spacial score (nSPS) is 16.6. The van der Waals surface area contributed by atoms with Crippen molar-refractivity contribution in [2.75, 3.05) is 18.6 Å². The van der Waals surface area contributed by atoms with Crippen molar-refractivity contribution < 1.29 is 29.0 Å². The van der Waals surface area contributed by atoms with Crippen molar-refractivity contribution in [3.05, 3.63) is 93.5 Å². The van der Waals surface area contributed by atoms with Crippen LogP contribution in [0.1, 0.15) is 43.7 Å². The second-order valence-corrected chi connectivity index (χ2v) is 9.54. The highest BCUT2D eigenvalue weighted by molar-refractivity contribution is 7.17. The van der Waals surface area contributed by atoms with Gasteiger partial charge in [-0.05, 0) is 50.1 Å². The summed E-state index contributed by atoms with van der Waals surface area (Å²) in [7, 11) is 1.26. The molecule has 4 rings (SSSR count). The number of aryl methyl sites for hydroxylation is 3. The van der Waals surface area contributed by atoms with E-state index in [1.165, 1.54) is 12.0 Å². The number of methoxy groups -OCH3 is 1. The van der Waals surface area contributed by atoms with Gasteiger partial charge in [-0.25, -0.2) is 9.78 Å². The Kier molecular flexibility index (Phi) is 7.26. The van der Waals surface area contributed by atoms with E-state index in [0.29, 0.717) is 34.7 Å². The number of carbonyl (C=O) groups is 3. The Hall–Kier alpha value is -4.24. The van der Waals surface area contributed by atoms with Crippen LogP contribution in [-0.4, -0.2) is 41.5 Å². The summed E-state index contributed by atoms with van der Waals surface area (Å²) in [6.45, 7) is 9.28. The van der Waals surface area contributed by atoms with E-state index in [1.54, 1.807) is 50.3 Å². The molecule has 1 saturated heterocycles. The maximum absolute atomic E-state index is 13.4. The first-order valence-corrected chi connectivity index (χ1v) is 12.3. The third-order valence-electron chi connectivity index (χ3n) is 6.02. The van der Waals surface area contributed by atoms with Crippen LogP contribution in [0.2, 0.25) is 0 Å². The molecule has 2 heterocycles. The largest absolute Gasteiger partial charge is 0.507 e. The number of ketones is 1. The molecule has 0 bridgehead atoms. The topological polar surface area (TPSA) is 106 Å². The summed E-state index contributed by atoms with van der Waals surface area (Å²) in [6.07, 6.45) is 1.62. The number of aliphatic hydroxyl groups is 1. The van der Waals surface area contributed by atoms with Crippen LogP contribution < -0.4 is 9.64 Å². The molecule has 1 N–H and O–H groups in total. The summed E-state index contributed by atoms with van der Waals surface area (Å²) in [4.78, 5) is 44.8. The molecule has 1 atom stereocenters. The molecule has 1 aromatic heterocycles. The summed E-state index contributed by atoms with van der Waals surface area (Å²) in [5.74, 6) is -2.00. The van der Waals surface area contributed by atoms with Gasteiger partial charge in [-0.2, -0.15) is 0 Å². The van der Waals surface area contributed by atoms with E-state index < -0.39 is 23.7 Å². The van der Waals surface area contributed by atoms with Gasteiger partial charge in [0.2, 0.25) is 0 Å². The van der Waals surface area contributed by atoms with Crippen molar-refractivity contribution in [3.63, 3.8) is 0 Å². The summed E-state index contributed by atoms with van der Waals surface area (Å²) < 4.78 is 10.4. The van der Waals surface area contributed by atoms with E-state index >= 15 is 0 Å². The zero-order valence-electron chi connectivity index (χ0n) is 20.9. The van der Waals surface area contributed by atoms with E-state index in [1.807, 2.05) is 19.1 Å². The number of ether oxygens (including phenoxy) is 2. The Bertz CT molecular complexity index is 1440. The Morgan fingerprint density at radius 2 is 1.86 bits per heavy atom. The first kappa shape index (κ1) is 25.8. The van der Waals surface area contributed by atoms with Gasteiger partial charge in [0.25, 0.3) is 5.78 Å². The Morgan fingerprint density at radius 1 is 1.16 bits per heavy atom. The van der Waals surface area contributed by atoms with Crippen molar-refractivity contribution in [2.45, 2.75) is 26.8 Å². The molecular weight excluding hydrogens is 492 g/mol. The fourth-order valence-corrected chi connectivity index (χ4v) is 5.16. The lowest BCUT2D eigenvalue weighted by Crippen LogP contribution is -2.29. The summed E-state index contributed by atoms with van der Waals surface area (Å²) >= 11 is 0.957. The Morgan fingerprint density at radius 3 is 2.49 bits per heavy atom. The predicted octanol–water partition coefficient (Wildman–Crippen LogP) is 5.05. The molecule has 1 fully saturated rings. The average molecular weight is 519 g/mol. The first-order chi connectivity index (χ1) is 17.7. The fourth-order valence-electron chi connectivity index (χ4n) is 4.15. The molecule has 2 aromatic carbocycles. The highest BCUT2D eigenvalue weighted by Crippen LogP contribution is 2.44.